The third-order valence-electron chi connectivity index (χ3n) is 3.53. The van der Waals surface area contributed by atoms with Crippen molar-refractivity contribution in [3.63, 3.8) is 0 Å². The number of ether oxygens (including phenoxy) is 1. The van der Waals surface area contributed by atoms with Crippen LogP contribution < -0.4 is 5.32 Å². The van der Waals surface area contributed by atoms with Crippen molar-refractivity contribution in [1.29, 1.82) is 0 Å². The van der Waals surface area contributed by atoms with Gasteiger partial charge < -0.3 is 15.0 Å². The minimum absolute atomic E-state index is 0.0891. The first-order valence-electron chi connectivity index (χ1n) is 6.73. The third kappa shape index (κ3) is 5.50. The van der Waals surface area contributed by atoms with Gasteiger partial charge >= 0.3 is 5.97 Å². The minimum Gasteiger partial charge on any atom is -0.469 e. The van der Waals surface area contributed by atoms with Gasteiger partial charge in [-0.2, -0.15) is 0 Å². The van der Waals surface area contributed by atoms with Gasteiger partial charge in [-0.3, -0.25) is 4.79 Å². The summed E-state index contributed by atoms with van der Waals surface area (Å²) in [5, 5.41) is 3.22. The molecular weight excluding hydrogens is 216 g/mol. The molecule has 1 saturated heterocycles. The molecule has 0 radical (unpaired) electrons. The number of hydrogen-bond acceptors (Lipinski definition) is 4. The lowest BCUT2D eigenvalue weighted by Gasteiger charge is -2.35. The number of nitrogens with one attached hydrogen (secondary N) is 1. The second-order valence-corrected chi connectivity index (χ2v) is 4.76. The molecule has 0 aromatic rings. The summed E-state index contributed by atoms with van der Waals surface area (Å²) in [6.45, 7) is 3.30. The van der Waals surface area contributed by atoms with E-state index >= 15 is 0 Å². The monoisotopic (exact) mass is 242 g/mol. The molecule has 100 valence electrons. The van der Waals surface area contributed by atoms with Crippen molar-refractivity contribution in [2.75, 3.05) is 33.8 Å². The van der Waals surface area contributed by atoms with Crippen LogP contribution in [0.15, 0.2) is 0 Å². The Kier molecular flexibility index (Phi) is 7.21. The van der Waals surface area contributed by atoms with Crippen LogP contribution in [0.3, 0.4) is 0 Å². The highest BCUT2D eigenvalue weighted by molar-refractivity contribution is 5.69. The lowest BCUT2D eigenvalue weighted by atomic mass is 9.99. The van der Waals surface area contributed by atoms with E-state index < -0.39 is 0 Å². The van der Waals surface area contributed by atoms with Crippen LogP contribution in [0.5, 0.6) is 0 Å². The van der Waals surface area contributed by atoms with Crippen molar-refractivity contribution >= 4 is 5.97 Å². The summed E-state index contributed by atoms with van der Waals surface area (Å²) in [6.07, 6.45) is 6.64. The highest BCUT2D eigenvalue weighted by Crippen LogP contribution is 2.19. The molecule has 0 bridgehead atoms. The van der Waals surface area contributed by atoms with E-state index in [9.17, 15) is 4.79 Å². The van der Waals surface area contributed by atoms with E-state index in [1.54, 1.807) is 0 Å². The molecule has 1 aliphatic heterocycles. The summed E-state index contributed by atoms with van der Waals surface area (Å²) in [5.74, 6) is -0.0891. The van der Waals surface area contributed by atoms with E-state index in [4.69, 9.17) is 0 Å². The Balaban J connectivity index is 2.24. The number of carbonyl (C=O) groups excluding carboxylic acids is 1. The lowest BCUT2D eigenvalue weighted by Crippen LogP contribution is -2.41. The first-order valence-corrected chi connectivity index (χ1v) is 6.73. The van der Waals surface area contributed by atoms with E-state index in [-0.39, 0.29) is 5.97 Å². The summed E-state index contributed by atoms with van der Waals surface area (Å²) >= 11 is 0. The molecule has 1 rings (SSSR count). The van der Waals surface area contributed by atoms with Crippen LogP contribution in [0.25, 0.3) is 0 Å². The van der Waals surface area contributed by atoms with Gasteiger partial charge in [0, 0.05) is 12.5 Å². The molecule has 1 unspecified atom stereocenters. The molecule has 17 heavy (non-hydrogen) atoms. The third-order valence-corrected chi connectivity index (χ3v) is 3.53. The number of piperidine rings is 1. The number of carbonyl (C=O) groups is 1. The zero-order valence-corrected chi connectivity index (χ0v) is 11.2. The fraction of sp³-hybridized carbons (Fsp3) is 0.923. The van der Waals surface area contributed by atoms with Gasteiger partial charge in [-0.15, -0.1) is 0 Å². The molecule has 0 aromatic heterocycles. The fourth-order valence-electron chi connectivity index (χ4n) is 2.52. The topological polar surface area (TPSA) is 41.6 Å². The molecule has 1 heterocycles. The van der Waals surface area contributed by atoms with Crippen molar-refractivity contribution in [3.05, 3.63) is 0 Å². The smallest absolute Gasteiger partial charge is 0.305 e. The quantitative estimate of drug-likeness (QED) is 0.685. The molecule has 1 aliphatic rings. The van der Waals surface area contributed by atoms with E-state index in [0.29, 0.717) is 12.5 Å². The summed E-state index contributed by atoms with van der Waals surface area (Å²) in [4.78, 5) is 13.6. The lowest BCUT2D eigenvalue weighted by molar-refractivity contribution is -0.140. The van der Waals surface area contributed by atoms with Crippen molar-refractivity contribution in [3.8, 4) is 0 Å². The zero-order valence-electron chi connectivity index (χ0n) is 11.2. The standard InChI is InChI=1S/C13H26N2O2/c1-14-9-8-12-6-3-4-10-15(12)11-5-7-13(16)17-2/h12,14H,3-11H2,1-2H3. The van der Waals surface area contributed by atoms with Gasteiger partial charge in [0.15, 0.2) is 0 Å². The number of methoxy groups -OCH3 is 1. The molecule has 0 amide bonds. The average molecular weight is 242 g/mol. The zero-order chi connectivity index (χ0) is 12.5. The Bertz CT molecular complexity index is 221. The predicted octanol–water partition coefficient (Wildman–Crippen LogP) is 1.40. The highest BCUT2D eigenvalue weighted by atomic mass is 16.5. The second kappa shape index (κ2) is 8.48. The largest absolute Gasteiger partial charge is 0.469 e. The van der Waals surface area contributed by atoms with Gasteiger partial charge in [-0.05, 0) is 52.4 Å². The number of nitrogens with zero attached hydrogens (tertiary/aromatic N) is 1. The first kappa shape index (κ1) is 14.5. The van der Waals surface area contributed by atoms with Crippen LogP contribution in [0.2, 0.25) is 0 Å². The summed E-state index contributed by atoms with van der Waals surface area (Å²) in [6, 6.07) is 0.703. The van der Waals surface area contributed by atoms with Crippen molar-refractivity contribution < 1.29 is 9.53 Å². The summed E-state index contributed by atoms with van der Waals surface area (Å²) < 4.78 is 4.66. The SMILES string of the molecule is CNCCC1CCCCN1CCCC(=O)OC. The molecule has 1 fully saturated rings. The maximum Gasteiger partial charge on any atom is 0.305 e. The summed E-state index contributed by atoms with van der Waals surface area (Å²) in [7, 11) is 3.46. The molecule has 4 heteroatoms. The molecule has 1 atom stereocenters. The summed E-state index contributed by atoms with van der Waals surface area (Å²) in [5.41, 5.74) is 0. The fourth-order valence-corrected chi connectivity index (χ4v) is 2.52. The molecule has 0 aliphatic carbocycles. The molecule has 4 nitrogen and oxygen atoms in total. The Morgan fingerprint density at radius 3 is 3.00 bits per heavy atom. The highest BCUT2D eigenvalue weighted by Gasteiger charge is 2.21. The predicted molar refractivity (Wildman–Crippen MR) is 69.0 cm³/mol. The maximum absolute atomic E-state index is 11.1. The van der Waals surface area contributed by atoms with Crippen LogP contribution in [-0.2, 0) is 9.53 Å². The van der Waals surface area contributed by atoms with Crippen molar-refractivity contribution in [1.82, 2.24) is 10.2 Å². The van der Waals surface area contributed by atoms with E-state index in [1.165, 1.54) is 39.3 Å². The minimum atomic E-state index is -0.0891. The van der Waals surface area contributed by atoms with Gasteiger partial charge in [-0.25, -0.2) is 0 Å². The molecule has 0 aromatic carbocycles. The maximum atomic E-state index is 11.1. The molecule has 0 saturated carbocycles. The van der Waals surface area contributed by atoms with Gasteiger partial charge in [-0.1, -0.05) is 6.42 Å². The van der Waals surface area contributed by atoms with Crippen LogP contribution in [0, 0.1) is 0 Å². The van der Waals surface area contributed by atoms with Crippen LogP contribution in [-0.4, -0.2) is 50.7 Å². The Morgan fingerprint density at radius 2 is 2.29 bits per heavy atom. The molecular formula is C13H26N2O2. The first-order chi connectivity index (χ1) is 8.27. The Hall–Kier alpha value is -0.610. The number of likely N-dealkylation sites (tertiary alicyclic amines) is 1. The van der Waals surface area contributed by atoms with Gasteiger partial charge in [0.2, 0.25) is 0 Å². The average Bonchev–Trinajstić information content (AvgIpc) is 2.37. The number of rotatable bonds is 7. The number of esters is 1. The molecule has 0 spiro atoms. The van der Waals surface area contributed by atoms with Crippen LogP contribution in [0.1, 0.15) is 38.5 Å². The second-order valence-electron chi connectivity index (χ2n) is 4.76. The van der Waals surface area contributed by atoms with Crippen molar-refractivity contribution in [2.45, 2.75) is 44.6 Å². The van der Waals surface area contributed by atoms with Crippen LogP contribution in [0.4, 0.5) is 0 Å². The normalized spacial score (nSPS) is 21.4. The van der Waals surface area contributed by atoms with Crippen LogP contribution >= 0.6 is 0 Å². The number of hydrogen-bond donors (Lipinski definition) is 1. The van der Waals surface area contributed by atoms with E-state index in [1.807, 2.05) is 7.05 Å². The van der Waals surface area contributed by atoms with Gasteiger partial charge in [0.1, 0.15) is 0 Å². The van der Waals surface area contributed by atoms with Gasteiger partial charge in [0.05, 0.1) is 7.11 Å². The molecule has 1 N–H and O–H groups in total. The van der Waals surface area contributed by atoms with E-state index in [0.717, 1.165) is 19.5 Å². The Labute approximate surface area is 105 Å². The van der Waals surface area contributed by atoms with E-state index in [2.05, 4.69) is 15.0 Å². The van der Waals surface area contributed by atoms with Gasteiger partial charge in [0.25, 0.3) is 0 Å². The van der Waals surface area contributed by atoms with Crippen molar-refractivity contribution in [2.24, 2.45) is 0 Å². The Morgan fingerprint density at radius 1 is 1.47 bits per heavy atom.